The normalized spacial score (nSPS) is 11.4. The second-order valence-electron chi connectivity index (χ2n) is 7.88. The van der Waals surface area contributed by atoms with Gasteiger partial charge in [-0.25, -0.2) is 0 Å². The number of rotatable bonds is 4. The predicted octanol–water partition coefficient (Wildman–Crippen LogP) is 5.41. The molecule has 170 valence electrons. The van der Waals surface area contributed by atoms with Crippen molar-refractivity contribution in [2.45, 2.75) is 34.1 Å². The van der Waals surface area contributed by atoms with Crippen LogP contribution in [-0.4, -0.2) is 76.7 Å². The topological polar surface area (TPSA) is 13.0 Å². The number of benzene rings is 2. The first-order chi connectivity index (χ1) is 14.3. The highest BCUT2D eigenvalue weighted by molar-refractivity contribution is 5.73. The van der Waals surface area contributed by atoms with Crippen LogP contribution in [0.25, 0.3) is 0 Å². The molecular formula is C26H46N4. The van der Waals surface area contributed by atoms with Crippen LogP contribution < -0.4 is 4.90 Å². The van der Waals surface area contributed by atoms with Gasteiger partial charge in [0.15, 0.2) is 0 Å². The van der Waals surface area contributed by atoms with Crippen molar-refractivity contribution in [1.82, 2.24) is 14.7 Å². The summed E-state index contributed by atoms with van der Waals surface area (Å²) in [5.74, 6) is 0. The fraction of sp³-hybridized carbons (Fsp3) is 0.538. The van der Waals surface area contributed by atoms with Crippen LogP contribution in [0.3, 0.4) is 0 Å². The van der Waals surface area contributed by atoms with Gasteiger partial charge in [-0.3, -0.25) is 4.90 Å². The Kier molecular flexibility index (Phi) is 14.9. The molecule has 1 heterocycles. The molecule has 0 aliphatic carbocycles. The summed E-state index contributed by atoms with van der Waals surface area (Å²) >= 11 is 0. The van der Waals surface area contributed by atoms with Crippen LogP contribution in [0.15, 0.2) is 48.5 Å². The first kappa shape index (κ1) is 28.1. The van der Waals surface area contributed by atoms with Crippen LogP contribution >= 0.6 is 0 Å². The molecule has 3 rings (SSSR count). The molecular weight excluding hydrogens is 368 g/mol. The van der Waals surface area contributed by atoms with Crippen LogP contribution in [0.4, 0.5) is 11.4 Å². The van der Waals surface area contributed by atoms with Crippen molar-refractivity contribution in [2.24, 2.45) is 0 Å². The Hall–Kier alpha value is -1.88. The van der Waals surface area contributed by atoms with Gasteiger partial charge in [-0.2, -0.15) is 0 Å². The number of hydrogen-bond acceptors (Lipinski definition) is 4. The van der Waals surface area contributed by atoms with Gasteiger partial charge in [-0.15, -0.1) is 0 Å². The van der Waals surface area contributed by atoms with E-state index in [0.717, 1.165) is 26.2 Å². The first-order valence-corrected chi connectivity index (χ1v) is 11.2. The Balaban J connectivity index is 0.000000586. The van der Waals surface area contributed by atoms with E-state index in [4.69, 9.17) is 0 Å². The zero-order valence-corrected chi connectivity index (χ0v) is 21.2. The van der Waals surface area contributed by atoms with Crippen LogP contribution in [-0.2, 0) is 6.42 Å². The predicted molar refractivity (Wildman–Crippen MR) is 136 cm³/mol. The number of anilines is 2. The maximum atomic E-state index is 2.40. The van der Waals surface area contributed by atoms with Crippen molar-refractivity contribution < 1.29 is 0 Å². The fourth-order valence-electron chi connectivity index (χ4n) is 2.62. The Labute approximate surface area is 187 Å². The smallest absolute Gasteiger partial charge is 0.0751 e. The second kappa shape index (κ2) is 15.9. The van der Waals surface area contributed by atoms with Gasteiger partial charge in [0.1, 0.15) is 0 Å². The van der Waals surface area contributed by atoms with Gasteiger partial charge in [0.05, 0.1) is 6.67 Å². The molecule has 2 aromatic rings. The summed E-state index contributed by atoms with van der Waals surface area (Å²) in [5.41, 5.74) is 5.51. The molecule has 0 saturated carbocycles. The Morgan fingerprint density at radius 1 is 0.633 bits per heavy atom. The maximum absolute atomic E-state index is 2.40. The molecule has 4 heteroatoms. The van der Waals surface area contributed by atoms with Gasteiger partial charge >= 0.3 is 0 Å². The first-order valence-electron chi connectivity index (χ1n) is 11.2. The fourth-order valence-corrected chi connectivity index (χ4v) is 2.62. The van der Waals surface area contributed by atoms with Crippen LogP contribution in [0, 0.1) is 0 Å². The van der Waals surface area contributed by atoms with Crippen molar-refractivity contribution in [3.63, 3.8) is 0 Å². The van der Waals surface area contributed by atoms with E-state index in [9.17, 15) is 0 Å². The average Bonchev–Trinajstić information content (AvgIpc) is 2.75. The van der Waals surface area contributed by atoms with Crippen molar-refractivity contribution in [3.05, 3.63) is 59.7 Å². The zero-order chi connectivity index (χ0) is 23.1. The minimum absolute atomic E-state index is 0.911. The summed E-state index contributed by atoms with van der Waals surface area (Å²) in [7, 11) is 12.4. The lowest BCUT2D eigenvalue weighted by molar-refractivity contribution is 0.417. The molecule has 0 N–H and O–H groups in total. The molecule has 0 bridgehead atoms. The third-order valence-electron chi connectivity index (χ3n) is 4.63. The third kappa shape index (κ3) is 10.2. The van der Waals surface area contributed by atoms with E-state index >= 15 is 0 Å². The Morgan fingerprint density at radius 2 is 0.967 bits per heavy atom. The molecule has 1 aliphatic rings. The van der Waals surface area contributed by atoms with Crippen molar-refractivity contribution >= 4 is 11.4 Å². The summed E-state index contributed by atoms with van der Waals surface area (Å²) < 4.78 is 0. The second-order valence-corrected chi connectivity index (χ2v) is 7.88. The SMILES string of the molecule is CC.CCN(C)C.CCN(C)C.CN(C)CN1c2ccccc2Cc2ccccc21. The highest BCUT2D eigenvalue weighted by Gasteiger charge is 2.21. The molecule has 0 saturated heterocycles. The summed E-state index contributed by atoms with van der Waals surface area (Å²) in [4.78, 5) is 8.85. The lowest BCUT2D eigenvalue weighted by Crippen LogP contribution is -2.32. The molecule has 0 radical (unpaired) electrons. The minimum atomic E-state index is 0.911. The minimum Gasteiger partial charge on any atom is -0.327 e. The van der Waals surface area contributed by atoms with E-state index in [2.05, 4.69) is 124 Å². The van der Waals surface area contributed by atoms with Crippen LogP contribution in [0.1, 0.15) is 38.8 Å². The molecule has 0 spiro atoms. The number of fused-ring (bicyclic) bond motifs is 2. The lowest BCUT2D eigenvalue weighted by Gasteiger charge is -2.35. The number of hydrogen-bond donors (Lipinski definition) is 0. The highest BCUT2D eigenvalue weighted by Crippen LogP contribution is 2.37. The molecule has 0 fully saturated rings. The molecule has 0 amide bonds. The maximum Gasteiger partial charge on any atom is 0.0751 e. The van der Waals surface area contributed by atoms with Crippen LogP contribution in [0.5, 0.6) is 0 Å². The van der Waals surface area contributed by atoms with E-state index in [1.54, 1.807) is 0 Å². The van der Waals surface area contributed by atoms with Crippen molar-refractivity contribution in [3.8, 4) is 0 Å². The van der Waals surface area contributed by atoms with Crippen molar-refractivity contribution in [2.75, 3.05) is 66.9 Å². The van der Waals surface area contributed by atoms with Crippen molar-refractivity contribution in [1.29, 1.82) is 0 Å². The Morgan fingerprint density at radius 3 is 1.27 bits per heavy atom. The van der Waals surface area contributed by atoms with Gasteiger partial charge in [0.25, 0.3) is 0 Å². The quantitative estimate of drug-likeness (QED) is 0.663. The largest absolute Gasteiger partial charge is 0.327 e. The van der Waals surface area contributed by atoms with Gasteiger partial charge in [-0.05, 0) is 78.6 Å². The summed E-state index contributed by atoms with van der Waals surface area (Å²) in [6.07, 6.45) is 1.04. The molecule has 0 unspecified atom stereocenters. The number of nitrogens with zero attached hydrogens (tertiary/aromatic N) is 4. The molecule has 1 aliphatic heterocycles. The molecule has 0 atom stereocenters. The highest BCUT2D eigenvalue weighted by atomic mass is 15.3. The summed E-state index contributed by atoms with van der Waals surface area (Å²) in [5, 5.41) is 0. The lowest BCUT2D eigenvalue weighted by atomic mass is 9.96. The van der Waals surface area contributed by atoms with Gasteiger partial charge in [0, 0.05) is 17.8 Å². The standard InChI is InChI=1S/C16H18N2.2C4H11N.C2H6/c1-17(2)12-18-15-9-5-3-7-13(15)11-14-8-4-6-10-16(14)18;2*1-4-5(2)3;1-2/h3-10H,11-12H2,1-2H3;2*4H2,1-3H3;1-2H3. The summed E-state index contributed by atoms with van der Waals surface area (Å²) in [6.45, 7) is 11.4. The third-order valence-corrected chi connectivity index (χ3v) is 4.63. The Bertz CT molecular complexity index is 627. The van der Waals surface area contributed by atoms with E-state index in [1.165, 1.54) is 22.5 Å². The monoisotopic (exact) mass is 414 g/mol. The van der Waals surface area contributed by atoms with E-state index in [1.807, 2.05) is 13.8 Å². The summed E-state index contributed by atoms with van der Waals surface area (Å²) in [6, 6.07) is 17.4. The van der Waals surface area contributed by atoms with Gasteiger partial charge in [-0.1, -0.05) is 64.1 Å². The van der Waals surface area contributed by atoms with E-state index in [-0.39, 0.29) is 0 Å². The number of para-hydroxylation sites is 2. The van der Waals surface area contributed by atoms with Gasteiger partial charge < -0.3 is 14.7 Å². The van der Waals surface area contributed by atoms with Crippen LogP contribution in [0.2, 0.25) is 0 Å². The molecule has 2 aromatic carbocycles. The van der Waals surface area contributed by atoms with E-state index in [0.29, 0.717) is 0 Å². The molecule has 30 heavy (non-hydrogen) atoms. The zero-order valence-electron chi connectivity index (χ0n) is 21.2. The molecule has 0 aromatic heterocycles. The average molecular weight is 415 g/mol. The van der Waals surface area contributed by atoms with E-state index < -0.39 is 0 Å². The molecule has 4 nitrogen and oxygen atoms in total. The van der Waals surface area contributed by atoms with Gasteiger partial charge in [0.2, 0.25) is 0 Å².